The van der Waals surface area contributed by atoms with Gasteiger partial charge in [-0.15, -0.1) is 5.10 Å². The first-order valence-corrected chi connectivity index (χ1v) is 16.9. The normalized spacial score (nSPS) is 17.8. The van der Waals surface area contributed by atoms with Crippen LogP contribution in [0.25, 0.3) is 0 Å². The van der Waals surface area contributed by atoms with E-state index in [-0.39, 0.29) is 35.4 Å². The van der Waals surface area contributed by atoms with Crippen LogP contribution >= 0.6 is 0 Å². The van der Waals surface area contributed by atoms with Gasteiger partial charge in [0, 0.05) is 64.2 Å². The second kappa shape index (κ2) is 15.6. The summed E-state index contributed by atoms with van der Waals surface area (Å²) in [5.74, 6) is -3.21. The number of hydrogen-bond donors (Lipinski definition) is 2. The number of carbonyl (C=O) groups is 4. The highest BCUT2D eigenvalue weighted by atomic mass is 19.1. The van der Waals surface area contributed by atoms with Crippen LogP contribution in [0.3, 0.4) is 0 Å². The van der Waals surface area contributed by atoms with E-state index >= 15 is 4.39 Å². The summed E-state index contributed by atoms with van der Waals surface area (Å²) in [7, 11) is 3.57. The lowest BCUT2D eigenvalue weighted by molar-refractivity contribution is -0.135. The maximum absolute atomic E-state index is 15.8. The number of carbonyl (C=O) groups excluding carboxylic acids is 4. The van der Waals surface area contributed by atoms with Crippen molar-refractivity contribution in [2.75, 3.05) is 38.5 Å². The van der Waals surface area contributed by atoms with Gasteiger partial charge >= 0.3 is 0 Å². The number of Topliss-reactive ketones (excluding diaryl/α,β-unsaturated/α-hetero) is 1. The number of aromatic nitrogens is 5. The molecule has 1 aliphatic carbocycles. The van der Waals surface area contributed by atoms with Gasteiger partial charge in [0.15, 0.2) is 5.78 Å². The molecule has 0 spiro atoms. The molecule has 1 saturated heterocycles. The highest BCUT2D eigenvalue weighted by Gasteiger charge is 2.35. The van der Waals surface area contributed by atoms with Crippen molar-refractivity contribution >= 4 is 29.2 Å². The van der Waals surface area contributed by atoms with Crippen LogP contribution in [-0.2, 0) is 23.2 Å². The lowest BCUT2D eigenvalue weighted by atomic mass is 9.77. The summed E-state index contributed by atoms with van der Waals surface area (Å²) in [4.78, 5) is 57.9. The number of hydrogen-bond acceptors (Lipinski definition) is 8. The van der Waals surface area contributed by atoms with E-state index in [0.717, 1.165) is 32.1 Å². The number of benzene rings is 1. The van der Waals surface area contributed by atoms with Gasteiger partial charge < -0.3 is 20.4 Å². The summed E-state index contributed by atoms with van der Waals surface area (Å²) in [6, 6.07) is 5.11. The summed E-state index contributed by atoms with van der Waals surface area (Å²) in [5, 5.41) is 17.4. The lowest BCUT2D eigenvalue weighted by Gasteiger charge is -2.36. The van der Waals surface area contributed by atoms with Gasteiger partial charge in [0.1, 0.15) is 23.2 Å². The van der Waals surface area contributed by atoms with Gasteiger partial charge in [-0.05, 0) is 56.5 Å². The summed E-state index contributed by atoms with van der Waals surface area (Å²) in [5.41, 5.74) is 1.12. The Morgan fingerprint density at radius 1 is 1.00 bits per heavy atom. The molecule has 3 heterocycles. The Bertz CT molecular complexity index is 1610. The third-order valence-corrected chi connectivity index (χ3v) is 9.85. The minimum atomic E-state index is -0.992. The highest BCUT2D eigenvalue weighted by molar-refractivity contribution is 6.00. The van der Waals surface area contributed by atoms with E-state index < -0.39 is 35.5 Å². The van der Waals surface area contributed by atoms with Gasteiger partial charge in [0.05, 0.1) is 11.9 Å². The fourth-order valence-electron chi connectivity index (χ4n) is 6.80. The Hall–Kier alpha value is -4.46. The Morgan fingerprint density at radius 3 is 2.38 bits per heavy atom. The first kappa shape index (κ1) is 34.9. The molecule has 13 nitrogen and oxygen atoms in total. The quantitative estimate of drug-likeness (QED) is 0.281. The minimum Gasteiger partial charge on any atom is -0.338 e. The molecule has 258 valence electrons. The lowest BCUT2D eigenvalue weighted by Crippen LogP contribution is -2.55. The number of rotatable bonds is 12. The molecule has 3 amide bonds. The summed E-state index contributed by atoms with van der Waals surface area (Å²) < 4.78 is 18.7. The number of amides is 3. The largest absolute Gasteiger partial charge is 0.338 e. The molecule has 1 aromatic carbocycles. The Kier molecular flexibility index (Phi) is 11.3. The third-order valence-electron chi connectivity index (χ3n) is 9.85. The van der Waals surface area contributed by atoms with Crippen LogP contribution in [0.5, 0.6) is 0 Å². The van der Waals surface area contributed by atoms with Crippen molar-refractivity contribution < 1.29 is 23.6 Å². The van der Waals surface area contributed by atoms with Crippen LogP contribution in [0.4, 0.5) is 10.1 Å². The van der Waals surface area contributed by atoms with Gasteiger partial charge in [-0.1, -0.05) is 37.5 Å². The van der Waals surface area contributed by atoms with E-state index in [1.54, 1.807) is 41.9 Å². The topological polar surface area (TPSA) is 147 Å². The zero-order chi connectivity index (χ0) is 34.4. The van der Waals surface area contributed by atoms with Crippen molar-refractivity contribution in [1.29, 1.82) is 0 Å². The van der Waals surface area contributed by atoms with Crippen LogP contribution < -0.4 is 10.6 Å². The molecule has 2 aromatic heterocycles. The van der Waals surface area contributed by atoms with Crippen LogP contribution in [-0.4, -0.2) is 97.3 Å². The number of halogens is 1. The van der Waals surface area contributed by atoms with E-state index in [2.05, 4.69) is 30.9 Å². The highest BCUT2D eigenvalue weighted by Crippen LogP contribution is 2.34. The van der Waals surface area contributed by atoms with Crippen LogP contribution in [0.1, 0.15) is 84.8 Å². The summed E-state index contributed by atoms with van der Waals surface area (Å²) in [6.07, 6.45) is 7.64. The number of ketones is 1. The minimum absolute atomic E-state index is 0.00486. The number of likely N-dealkylation sites (N-methyl/N-ethyl adjacent to an activating group) is 1. The van der Waals surface area contributed by atoms with Crippen molar-refractivity contribution in [3.63, 3.8) is 0 Å². The Labute approximate surface area is 280 Å². The average molecular weight is 664 g/mol. The molecule has 2 fully saturated rings. The molecule has 0 unspecified atom stereocenters. The standard InChI is InChI=1S/C34H46FN9O4/c1-5-44-28(13-14-37-44)30(45)20-25(23-9-7-6-8-10-23)32(46)38-27-12-11-24(19-26(27)35)22(2)31(34(48)43-17-15-41(3)16-18-43)39-33(47)29-21-36-40-42(29)4/h11-14,19,21-23,25,31H,5-10,15-18,20H2,1-4H3,(H,38,46)(H,39,47)/t22-,25-,31+/m0/s1. The van der Waals surface area contributed by atoms with Gasteiger partial charge in [-0.3, -0.25) is 23.9 Å². The first-order chi connectivity index (χ1) is 23.1. The maximum atomic E-state index is 15.8. The molecule has 0 bridgehead atoms. The Balaban J connectivity index is 1.34. The van der Waals surface area contributed by atoms with Crippen LogP contribution in [0.15, 0.2) is 36.7 Å². The monoisotopic (exact) mass is 663 g/mol. The van der Waals surface area contributed by atoms with E-state index in [9.17, 15) is 19.2 Å². The van der Waals surface area contributed by atoms with Crippen LogP contribution in [0.2, 0.25) is 0 Å². The van der Waals surface area contributed by atoms with Crippen molar-refractivity contribution in [3.05, 3.63) is 59.4 Å². The number of anilines is 1. The number of nitrogens with one attached hydrogen (secondary N) is 2. The van der Waals surface area contributed by atoms with E-state index in [0.29, 0.717) is 44.0 Å². The molecule has 3 aromatic rings. The second-order valence-electron chi connectivity index (χ2n) is 13.0. The Morgan fingerprint density at radius 2 is 1.73 bits per heavy atom. The van der Waals surface area contributed by atoms with Gasteiger partial charge in [-0.25, -0.2) is 9.07 Å². The predicted molar refractivity (Wildman–Crippen MR) is 177 cm³/mol. The number of piperazine rings is 1. The molecular formula is C34H46FN9O4. The molecule has 5 rings (SSSR count). The first-order valence-electron chi connectivity index (χ1n) is 16.9. The maximum Gasteiger partial charge on any atom is 0.271 e. The molecule has 1 saturated carbocycles. The summed E-state index contributed by atoms with van der Waals surface area (Å²) >= 11 is 0. The zero-order valence-electron chi connectivity index (χ0n) is 28.2. The van der Waals surface area contributed by atoms with E-state index in [1.807, 2.05) is 14.0 Å². The molecule has 0 radical (unpaired) electrons. The number of aryl methyl sites for hydroxylation is 2. The molecule has 2 aliphatic rings. The van der Waals surface area contributed by atoms with Crippen molar-refractivity contribution in [2.45, 2.75) is 70.9 Å². The van der Waals surface area contributed by atoms with E-state index in [4.69, 9.17) is 0 Å². The SMILES string of the molecule is CCn1nccc1C(=O)C[C@H](C(=O)Nc1ccc([C@H](C)[C@@H](NC(=O)c2cnnn2C)C(=O)N2CCN(C)CC2)cc1F)C1CCCCC1. The predicted octanol–water partition coefficient (Wildman–Crippen LogP) is 3.25. The molecule has 1 aliphatic heterocycles. The number of nitrogens with zero attached hydrogens (tertiary/aromatic N) is 7. The zero-order valence-corrected chi connectivity index (χ0v) is 28.2. The van der Waals surface area contributed by atoms with Gasteiger partial charge in [0.2, 0.25) is 11.8 Å². The molecule has 3 atom stereocenters. The van der Waals surface area contributed by atoms with E-state index in [1.165, 1.54) is 23.0 Å². The molecular weight excluding hydrogens is 617 g/mol. The van der Waals surface area contributed by atoms with Crippen molar-refractivity contribution in [2.24, 2.45) is 18.9 Å². The second-order valence-corrected chi connectivity index (χ2v) is 13.0. The van der Waals surface area contributed by atoms with Gasteiger partial charge in [-0.2, -0.15) is 5.10 Å². The van der Waals surface area contributed by atoms with Crippen LogP contribution in [0, 0.1) is 17.7 Å². The third kappa shape index (κ3) is 7.97. The molecule has 48 heavy (non-hydrogen) atoms. The van der Waals surface area contributed by atoms with Crippen molar-refractivity contribution in [3.8, 4) is 0 Å². The molecule has 14 heteroatoms. The van der Waals surface area contributed by atoms with Gasteiger partial charge in [0.25, 0.3) is 5.91 Å². The summed E-state index contributed by atoms with van der Waals surface area (Å²) in [6.45, 7) is 6.61. The average Bonchev–Trinajstić information content (AvgIpc) is 3.76. The fourth-order valence-corrected chi connectivity index (χ4v) is 6.80. The van der Waals surface area contributed by atoms with Crippen molar-refractivity contribution in [1.82, 2.24) is 39.9 Å². The fraction of sp³-hybridized carbons (Fsp3) is 0.559. The smallest absolute Gasteiger partial charge is 0.271 e. The molecule has 2 N–H and O–H groups in total.